The van der Waals surface area contributed by atoms with E-state index in [1.54, 1.807) is 0 Å². The van der Waals surface area contributed by atoms with Gasteiger partial charge in [0, 0.05) is 58.4 Å². The first-order valence-electron chi connectivity index (χ1n) is 1.57. The van der Waals surface area contributed by atoms with Crippen molar-refractivity contribution in [3.05, 3.63) is 0 Å². The maximum Gasteiger partial charge on any atom is 0 e. The standard InChI is InChI=1S/2AsH3O4.3Zn/c2*2-1(3,4)5;;;/h2*(H3,2,3,4,5);;;. The Morgan fingerprint density at radius 1 is 0.538 bits per heavy atom. The third kappa shape index (κ3) is 397. The summed E-state index contributed by atoms with van der Waals surface area (Å²) < 4.78 is 61.4. The molecule has 0 amide bonds. The summed E-state index contributed by atoms with van der Waals surface area (Å²) in [6.45, 7) is 0. The van der Waals surface area contributed by atoms with Crippen LogP contribution in [0.1, 0.15) is 0 Å². The molecule has 0 atom stereocenters. The van der Waals surface area contributed by atoms with Gasteiger partial charge in [0.1, 0.15) is 0 Å². The molecular formula is H6As2O8Zn3. The molecule has 8 nitrogen and oxygen atoms in total. The van der Waals surface area contributed by atoms with Crippen LogP contribution in [0.4, 0.5) is 0 Å². The van der Waals surface area contributed by atoms with Gasteiger partial charge in [-0.1, -0.05) is 0 Å². The van der Waals surface area contributed by atoms with Crippen molar-refractivity contribution >= 4 is 29.0 Å². The van der Waals surface area contributed by atoms with Crippen LogP contribution in [0.25, 0.3) is 0 Å². The molecule has 0 rings (SSSR count). The van der Waals surface area contributed by atoms with E-state index in [4.69, 9.17) is 32.1 Å². The van der Waals surface area contributed by atoms with Gasteiger partial charge in [-0.25, -0.2) is 0 Å². The van der Waals surface area contributed by atoms with Crippen LogP contribution in [0.2, 0.25) is 0 Å². The molecule has 13 heteroatoms. The zero-order valence-electron chi connectivity index (χ0n) is 6.52. The third-order valence-corrected chi connectivity index (χ3v) is 0. The van der Waals surface area contributed by atoms with E-state index < -0.39 is 29.0 Å². The first-order valence-corrected chi connectivity index (χ1v) is 8.13. The molecule has 6 N–H and O–H groups in total. The summed E-state index contributed by atoms with van der Waals surface area (Å²) in [6, 6.07) is 0. The Balaban J connectivity index is -0.0000000267. The van der Waals surface area contributed by atoms with Gasteiger partial charge in [-0.2, -0.15) is 0 Å². The van der Waals surface area contributed by atoms with Crippen molar-refractivity contribution in [3.8, 4) is 0 Å². The molecule has 0 heterocycles. The molecule has 0 radical (unpaired) electrons. The van der Waals surface area contributed by atoms with E-state index in [0.29, 0.717) is 0 Å². The molecule has 0 aromatic carbocycles. The Morgan fingerprint density at radius 2 is 0.538 bits per heavy atom. The van der Waals surface area contributed by atoms with Gasteiger partial charge >= 0.3 is 61.1 Å². The maximum atomic E-state index is 8.94. The Labute approximate surface area is 118 Å². The van der Waals surface area contributed by atoms with Gasteiger partial charge in [0.2, 0.25) is 0 Å². The molecule has 0 aromatic heterocycles. The molecule has 0 spiro atoms. The summed E-state index contributed by atoms with van der Waals surface area (Å²) in [5.74, 6) is 0. The zero-order valence-corrected chi connectivity index (χ0v) is 19.2. The van der Waals surface area contributed by atoms with Gasteiger partial charge in [-0.15, -0.1) is 0 Å². The van der Waals surface area contributed by atoms with Gasteiger partial charge in [0.15, 0.2) is 0 Å². The normalized spacial score (nSPS) is 9.08. The molecule has 70 valence electrons. The van der Waals surface area contributed by atoms with Crippen LogP contribution in [0.15, 0.2) is 0 Å². The van der Waals surface area contributed by atoms with Crippen molar-refractivity contribution in [1.82, 2.24) is 0 Å². The number of hydrogen-bond acceptors (Lipinski definition) is 2. The Kier molecular flexibility index (Phi) is 28.2. The van der Waals surface area contributed by atoms with E-state index in [9.17, 15) is 0 Å². The van der Waals surface area contributed by atoms with Gasteiger partial charge in [0.25, 0.3) is 0 Å². The predicted octanol–water partition coefficient (Wildman–Crippen LogP) is -4.35. The zero-order chi connectivity index (χ0) is 9.00. The van der Waals surface area contributed by atoms with Crippen LogP contribution >= 0.6 is 0 Å². The number of rotatable bonds is 0. The fourth-order valence-electron chi connectivity index (χ4n) is 0. The molecule has 0 bridgehead atoms. The van der Waals surface area contributed by atoms with E-state index in [-0.39, 0.29) is 58.4 Å². The van der Waals surface area contributed by atoms with Crippen molar-refractivity contribution in [3.63, 3.8) is 0 Å². The van der Waals surface area contributed by atoms with E-state index >= 15 is 0 Å². The average Bonchev–Trinajstić information content (AvgIpc) is 1.12. The molecule has 0 aliphatic rings. The quantitative estimate of drug-likeness (QED) is 0.190. The fourth-order valence-corrected chi connectivity index (χ4v) is 0. The van der Waals surface area contributed by atoms with E-state index in [0.717, 1.165) is 0 Å². The van der Waals surface area contributed by atoms with Crippen molar-refractivity contribution in [2.24, 2.45) is 0 Å². The molecule has 0 saturated carbocycles. The summed E-state index contributed by atoms with van der Waals surface area (Å²) >= 11 is -10.2. The smallest absolute Gasteiger partial charge is 0 e. The molecule has 0 aliphatic heterocycles. The third-order valence-electron chi connectivity index (χ3n) is 0. The predicted molar refractivity (Wildman–Crippen MR) is 26.2 cm³/mol. The first kappa shape index (κ1) is 29.5. The minimum absolute atomic E-state index is 0. The van der Waals surface area contributed by atoms with Crippen molar-refractivity contribution < 1.29 is 90.5 Å². The van der Waals surface area contributed by atoms with Crippen LogP contribution in [0.3, 0.4) is 0 Å². The first-order chi connectivity index (χ1) is 4.00. The molecular weight excluding hydrogens is 474 g/mol. The second-order valence-corrected chi connectivity index (χ2v) is 5.33. The second kappa shape index (κ2) is 12.4. The molecule has 0 saturated heterocycles. The van der Waals surface area contributed by atoms with Gasteiger partial charge < -0.3 is 0 Å². The Hall–Kier alpha value is 2.35. The molecule has 13 heavy (non-hydrogen) atoms. The van der Waals surface area contributed by atoms with Crippen molar-refractivity contribution in [2.45, 2.75) is 0 Å². The largest absolute Gasteiger partial charge is 0 e. The summed E-state index contributed by atoms with van der Waals surface area (Å²) in [5.41, 5.74) is 0. The molecule has 0 aliphatic carbocycles. The van der Waals surface area contributed by atoms with Crippen LogP contribution < -0.4 is 0 Å². The second-order valence-electron chi connectivity index (χ2n) is 1.03. The summed E-state index contributed by atoms with van der Waals surface area (Å²) in [4.78, 5) is 0. The van der Waals surface area contributed by atoms with Crippen molar-refractivity contribution in [1.29, 1.82) is 0 Å². The molecule has 0 aromatic rings. The van der Waals surface area contributed by atoms with Crippen LogP contribution in [-0.4, -0.2) is 53.6 Å². The monoisotopic (exact) mass is 476 g/mol. The summed E-state index contributed by atoms with van der Waals surface area (Å²) in [7, 11) is 0. The summed E-state index contributed by atoms with van der Waals surface area (Å²) in [6.07, 6.45) is 0. The minimum Gasteiger partial charge on any atom is 0 e. The van der Waals surface area contributed by atoms with Crippen LogP contribution in [-0.2, 0) is 65.9 Å². The Morgan fingerprint density at radius 3 is 0.538 bits per heavy atom. The van der Waals surface area contributed by atoms with Crippen molar-refractivity contribution in [2.75, 3.05) is 0 Å². The van der Waals surface area contributed by atoms with E-state index in [1.807, 2.05) is 0 Å². The maximum absolute atomic E-state index is 8.94. The van der Waals surface area contributed by atoms with Crippen LogP contribution in [0.5, 0.6) is 0 Å². The minimum atomic E-state index is -5.12. The Bertz CT molecular complexity index is 130. The van der Waals surface area contributed by atoms with Gasteiger partial charge in [-0.05, 0) is 0 Å². The van der Waals surface area contributed by atoms with E-state index in [1.165, 1.54) is 0 Å². The average molecular weight is 480 g/mol. The van der Waals surface area contributed by atoms with Crippen LogP contribution in [0, 0.1) is 0 Å². The number of hydrogen-bond donors (Lipinski definition) is 6. The van der Waals surface area contributed by atoms with Gasteiger partial charge in [-0.3, -0.25) is 0 Å². The van der Waals surface area contributed by atoms with E-state index in [2.05, 4.69) is 0 Å². The molecule has 0 unspecified atom stereocenters. The fraction of sp³-hybridized carbons (Fsp3) is 0. The van der Waals surface area contributed by atoms with Gasteiger partial charge in [0.05, 0.1) is 0 Å². The SMILES string of the molecule is O=[As](O)(O)O.O=[As](O)(O)O.[Zn].[Zn].[Zn]. The topological polar surface area (TPSA) is 156 Å². The molecule has 0 fully saturated rings. The summed E-state index contributed by atoms with van der Waals surface area (Å²) in [5, 5.41) is 0.